The predicted molar refractivity (Wildman–Crippen MR) is 56.5 cm³/mol. The van der Waals surface area contributed by atoms with Crippen molar-refractivity contribution in [3.63, 3.8) is 0 Å². The summed E-state index contributed by atoms with van der Waals surface area (Å²) < 4.78 is 0. The van der Waals surface area contributed by atoms with E-state index in [4.69, 9.17) is 0 Å². The van der Waals surface area contributed by atoms with Crippen molar-refractivity contribution in [2.45, 2.75) is 47.0 Å². The molecule has 0 aliphatic carbocycles. The van der Waals surface area contributed by atoms with Crippen LogP contribution in [0.5, 0.6) is 0 Å². The van der Waals surface area contributed by atoms with Gasteiger partial charge < -0.3 is 5.32 Å². The minimum absolute atomic E-state index is 0.168. The van der Waals surface area contributed by atoms with E-state index >= 15 is 0 Å². The lowest BCUT2D eigenvalue weighted by molar-refractivity contribution is -0.130. The molecular weight excluding hydrogens is 162 g/mol. The summed E-state index contributed by atoms with van der Waals surface area (Å²) >= 11 is 0. The van der Waals surface area contributed by atoms with Gasteiger partial charge in [0.25, 0.3) is 0 Å². The molecule has 1 unspecified atom stereocenters. The highest BCUT2D eigenvalue weighted by Crippen LogP contribution is 2.29. The van der Waals surface area contributed by atoms with Crippen molar-refractivity contribution in [3.05, 3.63) is 0 Å². The molecule has 0 heterocycles. The fourth-order valence-corrected chi connectivity index (χ4v) is 1.36. The van der Waals surface area contributed by atoms with Gasteiger partial charge in [-0.1, -0.05) is 27.7 Å². The van der Waals surface area contributed by atoms with Gasteiger partial charge in [0.2, 0.25) is 5.91 Å². The third-order valence-electron chi connectivity index (χ3n) is 2.83. The molecule has 0 fully saturated rings. The van der Waals surface area contributed by atoms with Crippen LogP contribution in [0.3, 0.4) is 0 Å². The molecule has 0 radical (unpaired) electrons. The van der Waals surface area contributed by atoms with Crippen molar-refractivity contribution in [1.82, 2.24) is 5.32 Å². The largest absolute Gasteiger partial charge is 0.359 e. The molecule has 1 amide bonds. The van der Waals surface area contributed by atoms with Crippen LogP contribution in [0.25, 0.3) is 0 Å². The lowest BCUT2D eigenvalue weighted by atomic mass is 9.80. The zero-order valence-electron chi connectivity index (χ0n) is 9.61. The Bertz CT molecular complexity index is 165. The monoisotopic (exact) mass is 185 g/mol. The standard InChI is InChI=1S/C11H23NO/c1-6-11(4,10(13)12-5)8-7-9(2)3/h9H,6-8H2,1-5H3,(H,12,13). The molecule has 0 aliphatic rings. The third kappa shape index (κ3) is 3.79. The Kier molecular flexibility index (Phi) is 5.04. The molecule has 0 aromatic heterocycles. The highest BCUT2D eigenvalue weighted by molar-refractivity contribution is 5.81. The highest BCUT2D eigenvalue weighted by atomic mass is 16.2. The Morgan fingerprint density at radius 3 is 2.31 bits per heavy atom. The van der Waals surface area contributed by atoms with E-state index in [1.807, 2.05) is 6.92 Å². The molecule has 0 saturated heterocycles. The van der Waals surface area contributed by atoms with Crippen LogP contribution < -0.4 is 5.32 Å². The zero-order chi connectivity index (χ0) is 10.5. The fraction of sp³-hybridized carbons (Fsp3) is 0.909. The van der Waals surface area contributed by atoms with E-state index in [0.717, 1.165) is 19.3 Å². The molecule has 0 aliphatic heterocycles. The Balaban J connectivity index is 4.19. The maximum atomic E-state index is 11.6. The van der Waals surface area contributed by atoms with Crippen molar-refractivity contribution in [3.8, 4) is 0 Å². The molecule has 78 valence electrons. The van der Waals surface area contributed by atoms with E-state index in [1.165, 1.54) is 0 Å². The average Bonchev–Trinajstić information content (AvgIpc) is 2.12. The number of nitrogens with one attached hydrogen (secondary N) is 1. The zero-order valence-corrected chi connectivity index (χ0v) is 9.61. The Labute approximate surface area is 82.1 Å². The van der Waals surface area contributed by atoms with Crippen LogP contribution >= 0.6 is 0 Å². The van der Waals surface area contributed by atoms with Gasteiger partial charge in [0, 0.05) is 12.5 Å². The first-order valence-corrected chi connectivity index (χ1v) is 5.18. The van der Waals surface area contributed by atoms with Gasteiger partial charge in [0.15, 0.2) is 0 Å². The lowest BCUT2D eigenvalue weighted by Crippen LogP contribution is -2.36. The maximum Gasteiger partial charge on any atom is 0.225 e. The first-order valence-electron chi connectivity index (χ1n) is 5.18. The van der Waals surface area contributed by atoms with Gasteiger partial charge in [0.05, 0.1) is 0 Å². The van der Waals surface area contributed by atoms with Gasteiger partial charge >= 0.3 is 0 Å². The SMILES string of the molecule is CCC(C)(CCC(C)C)C(=O)NC. The van der Waals surface area contributed by atoms with Gasteiger partial charge in [-0.25, -0.2) is 0 Å². The van der Waals surface area contributed by atoms with E-state index in [-0.39, 0.29) is 11.3 Å². The number of hydrogen-bond donors (Lipinski definition) is 1. The molecule has 0 bridgehead atoms. The van der Waals surface area contributed by atoms with Gasteiger partial charge in [-0.3, -0.25) is 4.79 Å². The summed E-state index contributed by atoms with van der Waals surface area (Å²) in [5.74, 6) is 0.853. The molecule has 0 saturated carbocycles. The second kappa shape index (κ2) is 5.25. The number of carbonyl (C=O) groups is 1. The van der Waals surface area contributed by atoms with Gasteiger partial charge in [0.1, 0.15) is 0 Å². The molecular formula is C11H23NO. The molecule has 1 N–H and O–H groups in total. The smallest absolute Gasteiger partial charge is 0.225 e. The van der Waals surface area contributed by atoms with Crippen molar-refractivity contribution < 1.29 is 4.79 Å². The quantitative estimate of drug-likeness (QED) is 0.701. The van der Waals surface area contributed by atoms with Gasteiger partial charge in [-0.05, 0) is 25.2 Å². The first kappa shape index (κ1) is 12.5. The molecule has 0 aromatic carbocycles. The Morgan fingerprint density at radius 2 is 2.00 bits per heavy atom. The normalized spacial score (nSPS) is 15.5. The summed E-state index contributed by atoms with van der Waals surface area (Å²) in [5.41, 5.74) is -0.168. The van der Waals surface area contributed by atoms with E-state index < -0.39 is 0 Å². The highest BCUT2D eigenvalue weighted by Gasteiger charge is 2.29. The van der Waals surface area contributed by atoms with Crippen LogP contribution in [0.1, 0.15) is 47.0 Å². The summed E-state index contributed by atoms with van der Waals surface area (Å²) in [4.78, 5) is 11.6. The third-order valence-corrected chi connectivity index (χ3v) is 2.83. The minimum atomic E-state index is -0.168. The Hall–Kier alpha value is -0.530. The average molecular weight is 185 g/mol. The van der Waals surface area contributed by atoms with E-state index in [0.29, 0.717) is 5.92 Å². The predicted octanol–water partition coefficient (Wildman–Crippen LogP) is 2.58. The molecule has 2 nitrogen and oxygen atoms in total. The second-order valence-corrected chi connectivity index (χ2v) is 4.43. The van der Waals surface area contributed by atoms with Crippen molar-refractivity contribution in [1.29, 1.82) is 0 Å². The number of rotatable bonds is 5. The number of hydrogen-bond acceptors (Lipinski definition) is 1. The molecule has 0 rings (SSSR count). The lowest BCUT2D eigenvalue weighted by Gasteiger charge is -2.26. The van der Waals surface area contributed by atoms with Crippen LogP contribution in [0, 0.1) is 11.3 Å². The molecule has 0 spiro atoms. The topological polar surface area (TPSA) is 29.1 Å². The maximum absolute atomic E-state index is 11.6. The second-order valence-electron chi connectivity index (χ2n) is 4.43. The summed E-state index contributed by atoms with van der Waals surface area (Å²) in [7, 11) is 1.71. The van der Waals surface area contributed by atoms with Crippen molar-refractivity contribution in [2.24, 2.45) is 11.3 Å². The van der Waals surface area contributed by atoms with Crippen LogP contribution in [-0.2, 0) is 4.79 Å². The minimum Gasteiger partial charge on any atom is -0.359 e. The van der Waals surface area contributed by atoms with Crippen LogP contribution in [-0.4, -0.2) is 13.0 Å². The summed E-state index contributed by atoms with van der Waals surface area (Å²) in [6, 6.07) is 0. The van der Waals surface area contributed by atoms with Crippen LogP contribution in [0.15, 0.2) is 0 Å². The number of amides is 1. The van der Waals surface area contributed by atoms with Crippen molar-refractivity contribution >= 4 is 5.91 Å². The van der Waals surface area contributed by atoms with E-state index in [1.54, 1.807) is 7.05 Å². The van der Waals surface area contributed by atoms with Gasteiger partial charge in [-0.2, -0.15) is 0 Å². The number of carbonyl (C=O) groups excluding carboxylic acids is 1. The van der Waals surface area contributed by atoms with Crippen LogP contribution in [0.2, 0.25) is 0 Å². The summed E-state index contributed by atoms with van der Waals surface area (Å²) in [6.45, 7) is 8.52. The summed E-state index contributed by atoms with van der Waals surface area (Å²) in [5, 5.41) is 2.74. The Morgan fingerprint density at radius 1 is 1.46 bits per heavy atom. The summed E-state index contributed by atoms with van der Waals surface area (Å²) in [6.07, 6.45) is 3.03. The molecule has 2 heteroatoms. The van der Waals surface area contributed by atoms with E-state index in [9.17, 15) is 4.79 Å². The van der Waals surface area contributed by atoms with Crippen LogP contribution in [0.4, 0.5) is 0 Å². The fourth-order valence-electron chi connectivity index (χ4n) is 1.36. The molecule has 0 aromatic rings. The molecule has 1 atom stereocenters. The van der Waals surface area contributed by atoms with E-state index in [2.05, 4.69) is 26.1 Å². The van der Waals surface area contributed by atoms with Crippen molar-refractivity contribution in [2.75, 3.05) is 7.05 Å². The van der Waals surface area contributed by atoms with Gasteiger partial charge in [-0.15, -0.1) is 0 Å². The molecule has 13 heavy (non-hydrogen) atoms. The first-order chi connectivity index (χ1) is 5.96.